The van der Waals surface area contributed by atoms with Gasteiger partial charge in [-0.15, -0.1) is 0 Å². The first-order chi connectivity index (χ1) is 9.00. The molecule has 2 unspecified atom stereocenters. The van der Waals surface area contributed by atoms with Crippen LogP contribution in [0.25, 0.3) is 0 Å². The molecule has 2 nitrogen and oxygen atoms in total. The third-order valence-corrected chi connectivity index (χ3v) is 4.74. The van der Waals surface area contributed by atoms with Crippen molar-refractivity contribution in [1.29, 1.82) is 0 Å². The van der Waals surface area contributed by atoms with Crippen LogP contribution in [0.2, 0.25) is 5.02 Å². The van der Waals surface area contributed by atoms with Crippen molar-refractivity contribution in [2.75, 3.05) is 11.9 Å². The lowest BCUT2D eigenvalue weighted by molar-refractivity contribution is 0.321. The van der Waals surface area contributed by atoms with Crippen molar-refractivity contribution in [1.82, 2.24) is 0 Å². The number of nitrogens with zero attached hydrogens (tertiary/aromatic N) is 1. The molecule has 0 radical (unpaired) electrons. The highest BCUT2D eigenvalue weighted by Crippen LogP contribution is 2.34. The summed E-state index contributed by atoms with van der Waals surface area (Å²) in [6.07, 6.45) is 5.28. The molecule has 3 atom stereocenters. The zero-order chi connectivity index (χ0) is 14.0. The minimum Gasteiger partial charge on any atom is -0.370 e. The molecule has 1 aliphatic rings. The number of anilines is 1. The number of halogens is 1. The summed E-state index contributed by atoms with van der Waals surface area (Å²) in [6, 6.07) is 6.85. The SMILES string of the molecule is CC1CCCCC1N(C)c1ccc([C@@H](C)N)cc1Cl. The Balaban J connectivity index is 2.21. The van der Waals surface area contributed by atoms with Crippen LogP contribution in [0.1, 0.15) is 51.1 Å². The Morgan fingerprint density at radius 2 is 2.00 bits per heavy atom. The number of benzene rings is 1. The Hall–Kier alpha value is -0.730. The van der Waals surface area contributed by atoms with Crippen LogP contribution in [0.3, 0.4) is 0 Å². The Morgan fingerprint density at radius 3 is 2.58 bits per heavy atom. The molecule has 0 aromatic heterocycles. The summed E-state index contributed by atoms with van der Waals surface area (Å²) in [4.78, 5) is 2.36. The summed E-state index contributed by atoms with van der Waals surface area (Å²) < 4.78 is 0. The van der Waals surface area contributed by atoms with Gasteiger partial charge < -0.3 is 10.6 Å². The van der Waals surface area contributed by atoms with Crippen LogP contribution in [0.5, 0.6) is 0 Å². The standard InChI is InChI=1S/C16H25ClN2/c1-11-6-4-5-7-15(11)19(3)16-9-8-13(12(2)18)10-14(16)17/h8-12,15H,4-7,18H2,1-3H3/t11?,12-,15?/m1/s1. The van der Waals surface area contributed by atoms with Gasteiger partial charge >= 0.3 is 0 Å². The fourth-order valence-corrected chi connectivity index (χ4v) is 3.47. The maximum atomic E-state index is 6.44. The monoisotopic (exact) mass is 280 g/mol. The quantitative estimate of drug-likeness (QED) is 0.890. The van der Waals surface area contributed by atoms with Gasteiger partial charge in [-0.3, -0.25) is 0 Å². The van der Waals surface area contributed by atoms with E-state index in [0.717, 1.165) is 22.2 Å². The van der Waals surface area contributed by atoms with E-state index in [1.54, 1.807) is 0 Å². The normalized spacial score (nSPS) is 25.1. The summed E-state index contributed by atoms with van der Waals surface area (Å²) >= 11 is 6.44. The Kier molecular flexibility index (Phi) is 4.75. The number of nitrogens with two attached hydrogens (primary N) is 1. The predicted molar refractivity (Wildman–Crippen MR) is 83.9 cm³/mol. The smallest absolute Gasteiger partial charge is 0.0642 e. The van der Waals surface area contributed by atoms with Gasteiger partial charge in [0, 0.05) is 19.1 Å². The zero-order valence-corrected chi connectivity index (χ0v) is 13.0. The second-order valence-electron chi connectivity index (χ2n) is 5.94. The Labute approximate surface area is 121 Å². The van der Waals surface area contributed by atoms with E-state index in [2.05, 4.69) is 31.0 Å². The molecule has 0 heterocycles. The fraction of sp³-hybridized carbons (Fsp3) is 0.625. The second kappa shape index (κ2) is 6.15. The highest BCUT2D eigenvalue weighted by atomic mass is 35.5. The maximum absolute atomic E-state index is 6.44. The molecule has 2 rings (SSSR count). The van der Waals surface area contributed by atoms with Crippen LogP contribution in [0.4, 0.5) is 5.69 Å². The van der Waals surface area contributed by atoms with Gasteiger partial charge in [0.05, 0.1) is 10.7 Å². The minimum atomic E-state index is 0.0328. The topological polar surface area (TPSA) is 29.3 Å². The molecule has 19 heavy (non-hydrogen) atoms. The number of rotatable bonds is 3. The first-order valence-electron chi connectivity index (χ1n) is 7.28. The van der Waals surface area contributed by atoms with Crippen molar-refractivity contribution >= 4 is 17.3 Å². The summed E-state index contributed by atoms with van der Waals surface area (Å²) in [5.41, 5.74) is 8.13. The first kappa shape index (κ1) is 14.7. The van der Waals surface area contributed by atoms with Gasteiger partial charge in [-0.1, -0.05) is 37.4 Å². The lowest BCUT2D eigenvalue weighted by atomic mass is 9.85. The molecule has 2 N–H and O–H groups in total. The highest BCUT2D eigenvalue weighted by Gasteiger charge is 2.26. The van der Waals surface area contributed by atoms with E-state index < -0.39 is 0 Å². The fourth-order valence-electron chi connectivity index (χ4n) is 3.14. The van der Waals surface area contributed by atoms with E-state index in [9.17, 15) is 0 Å². The van der Waals surface area contributed by atoms with Gasteiger partial charge in [0.15, 0.2) is 0 Å². The van der Waals surface area contributed by atoms with Gasteiger partial charge in [-0.2, -0.15) is 0 Å². The zero-order valence-electron chi connectivity index (χ0n) is 12.2. The van der Waals surface area contributed by atoms with E-state index in [0.29, 0.717) is 6.04 Å². The lowest BCUT2D eigenvalue weighted by Gasteiger charge is -2.38. The molecule has 1 aliphatic carbocycles. The summed E-state index contributed by atoms with van der Waals surface area (Å²) in [5.74, 6) is 0.739. The van der Waals surface area contributed by atoms with Gasteiger partial charge in [-0.25, -0.2) is 0 Å². The Bertz CT molecular complexity index is 431. The van der Waals surface area contributed by atoms with Gasteiger partial charge in [0.1, 0.15) is 0 Å². The molecule has 3 heteroatoms. The van der Waals surface area contributed by atoms with Crippen molar-refractivity contribution < 1.29 is 0 Å². The van der Waals surface area contributed by atoms with Crippen LogP contribution in [0, 0.1) is 5.92 Å². The van der Waals surface area contributed by atoms with Crippen molar-refractivity contribution in [3.05, 3.63) is 28.8 Å². The molecule has 1 aromatic carbocycles. The molecule has 0 spiro atoms. The largest absolute Gasteiger partial charge is 0.370 e. The van der Waals surface area contributed by atoms with Crippen molar-refractivity contribution in [2.45, 2.75) is 51.6 Å². The van der Waals surface area contributed by atoms with E-state index in [1.165, 1.54) is 25.7 Å². The Morgan fingerprint density at radius 1 is 1.32 bits per heavy atom. The van der Waals surface area contributed by atoms with Crippen LogP contribution < -0.4 is 10.6 Å². The van der Waals surface area contributed by atoms with Crippen LogP contribution in [-0.2, 0) is 0 Å². The van der Waals surface area contributed by atoms with E-state index in [-0.39, 0.29) is 6.04 Å². The maximum Gasteiger partial charge on any atom is 0.0642 e. The van der Waals surface area contributed by atoms with Crippen molar-refractivity contribution in [3.63, 3.8) is 0 Å². The van der Waals surface area contributed by atoms with Crippen molar-refractivity contribution in [2.24, 2.45) is 11.7 Å². The lowest BCUT2D eigenvalue weighted by Crippen LogP contribution is -2.39. The summed E-state index contributed by atoms with van der Waals surface area (Å²) in [6.45, 7) is 4.34. The van der Waals surface area contributed by atoms with E-state index in [4.69, 9.17) is 17.3 Å². The number of hydrogen-bond acceptors (Lipinski definition) is 2. The van der Waals surface area contributed by atoms with Crippen LogP contribution in [0.15, 0.2) is 18.2 Å². The van der Waals surface area contributed by atoms with E-state index in [1.807, 2.05) is 13.0 Å². The second-order valence-corrected chi connectivity index (χ2v) is 6.35. The first-order valence-corrected chi connectivity index (χ1v) is 7.66. The number of hydrogen-bond donors (Lipinski definition) is 1. The molecule has 106 valence electrons. The average molecular weight is 281 g/mol. The molecule has 0 amide bonds. The summed E-state index contributed by atoms with van der Waals surface area (Å²) in [5, 5.41) is 0.815. The van der Waals surface area contributed by atoms with Gasteiger partial charge in [0.2, 0.25) is 0 Å². The molecule has 1 aromatic rings. The van der Waals surface area contributed by atoms with Crippen LogP contribution in [-0.4, -0.2) is 13.1 Å². The molecule has 0 bridgehead atoms. The van der Waals surface area contributed by atoms with Crippen molar-refractivity contribution in [3.8, 4) is 0 Å². The average Bonchev–Trinajstić information content (AvgIpc) is 2.38. The molecule has 0 aliphatic heterocycles. The summed E-state index contributed by atoms with van der Waals surface area (Å²) in [7, 11) is 2.17. The molecule has 1 saturated carbocycles. The van der Waals surface area contributed by atoms with Gasteiger partial charge in [-0.05, 0) is 43.4 Å². The predicted octanol–water partition coefficient (Wildman–Crippen LogP) is 4.37. The van der Waals surface area contributed by atoms with Gasteiger partial charge in [0.25, 0.3) is 0 Å². The van der Waals surface area contributed by atoms with E-state index >= 15 is 0 Å². The molecular formula is C16H25ClN2. The third kappa shape index (κ3) is 3.24. The minimum absolute atomic E-state index is 0.0328. The third-order valence-electron chi connectivity index (χ3n) is 4.44. The van der Waals surface area contributed by atoms with Crippen LogP contribution >= 0.6 is 11.6 Å². The molecule has 1 fully saturated rings. The highest BCUT2D eigenvalue weighted by molar-refractivity contribution is 6.33. The molecular weight excluding hydrogens is 256 g/mol. The molecule has 0 saturated heterocycles.